The van der Waals surface area contributed by atoms with E-state index < -0.39 is 11.7 Å². The topological polar surface area (TPSA) is 38.0 Å². The zero-order chi connectivity index (χ0) is 25.2. The summed E-state index contributed by atoms with van der Waals surface area (Å²) in [6.07, 6.45) is -1.67. The molecule has 182 valence electrons. The normalized spacial score (nSPS) is 12.6. The first-order valence-electron chi connectivity index (χ1n) is 11.1. The zero-order valence-electron chi connectivity index (χ0n) is 19.2. The first-order valence-corrected chi connectivity index (χ1v) is 12.0. The van der Waals surface area contributed by atoms with E-state index in [0.29, 0.717) is 24.1 Å². The van der Waals surface area contributed by atoms with Crippen molar-refractivity contribution in [1.82, 2.24) is 9.78 Å². The van der Waals surface area contributed by atoms with Crippen LogP contribution in [-0.4, -0.2) is 14.9 Å². The third kappa shape index (κ3) is 5.88. The van der Waals surface area contributed by atoms with Gasteiger partial charge in [-0.15, -0.1) is 11.8 Å². The van der Waals surface area contributed by atoms with Crippen molar-refractivity contribution in [2.75, 3.05) is 0 Å². The lowest BCUT2D eigenvalue weighted by Gasteiger charge is -2.12. The Balaban J connectivity index is 1.65. The molecule has 0 fully saturated rings. The van der Waals surface area contributed by atoms with E-state index in [1.807, 2.05) is 32.2 Å². The maximum atomic E-state index is 14.2. The van der Waals surface area contributed by atoms with Crippen LogP contribution in [0.3, 0.4) is 0 Å². The molecule has 1 N–H and O–H groups in total. The summed E-state index contributed by atoms with van der Waals surface area (Å²) in [5, 5.41) is 14.4. The summed E-state index contributed by atoms with van der Waals surface area (Å²) in [5.41, 5.74) is 2.80. The molecule has 0 saturated heterocycles. The van der Waals surface area contributed by atoms with Gasteiger partial charge in [-0.25, -0.2) is 9.07 Å². The molecule has 4 aromatic rings. The molecule has 0 aliphatic heterocycles. The second-order valence-corrected chi connectivity index (χ2v) is 9.73. The van der Waals surface area contributed by atoms with Crippen molar-refractivity contribution < 1.29 is 22.7 Å². The second-order valence-electron chi connectivity index (χ2n) is 8.32. The van der Waals surface area contributed by atoms with E-state index >= 15 is 0 Å². The smallest absolute Gasteiger partial charge is 0.416 e. The van der Waals surface area contributed by atoms with Gasteiger partial charge in [0.05, 0.1) is 16.9 Å². The highest BCUT2D eigenvalue weighted by Crippen LogP contribution is 2.38. The summed E-state index contributed by atoms with van der Waals surface area (Å²) in [5.74, 6) is -0.0547. The average Bonchev–Trinajstić information content (AvgIpc) is 3.25. The largest absolute Gasteiger partial charge is 0.508 e. The van der Waals surface area contributed by atoms with Crippen LogP contribution in [0.1, 0.15) is 40.1 Å². The number of halogens is 4. The molecule has 0 aliphatic carbocycles. The van der Waals surface area contributed by atoms with Crippen molar-refractivity contribution in [1.29, 1.82) is 0 Å². The lowest BCUT2D eigenvalue weighted by Crippen LogP contribution is -2.05. The van der Waals surface area contributed by atoms with Crippen LogP contribution in [0.5, 0.6) is 5.75 Å². The number of rotatable bonds is 7. The van der Waals surface area contributed by atoms with E-state index in [1.54, 1.807) is 40.7 Å². The quantitative estimate of drug-likeness (QED) is 0.209. The van der Waals surface area contributed by atoms with Gasteiger partial charge in [0.25, 0.3) is 0 Å². The molecular formula is C27H24F4N2OS. The van der Waals surface area contributed by atoms with Crippen molar-refractivity contribution in [2.45, 2.75) is 43.0 Å². The van der Waals surface area contributed by atoms with Crippen LogP contribution in [-0.2, 0) is 19.0 Å². The molecule has 1 aromatic heterocycles. The Bertz CT molecular complexity index is 1320. The number of phenolic OH excluding ortho intramolecular Hbond substituents is 1. The van der Waals surface area contributed by atoms with Crippen molar-refractivity contribution >= 4 is 11.8 Å². The lowest BCUT2D eigenvalue weighted by molar-refractivity contribution is -0.137. The number of nitrogens with zero attached hydrogens (tertiary/aromatic N) is 2. The van der Waals surface area contributed by atoms with Gasteiger partial charge in [0.2, 0.25) is 0 Å². The summed E-state index contributed by atoms with van der Waals surface area (Å²) in [6.45, 7) is 3.85. The number of hydrogen-bond acceptors (Lipinski definition) is 3. The minimum absolute atomic E-state index is 0.0437. The SMILES string of the molecule is Cc1cc(SC(C)c2cn(-c3ccc(C(F)(F)F)cc3)nc2CCc2ccccc2F)ccc1O. The van der Waals surface area contributed by atoms with Gasteiger partial charge in [-0.1, -0.05) is 18.2 Å². The highest BCUT2D eigenvalue weighted by molar-refractivity contribution is 7.99. The fourth-order valence-corrected chi connectivity index (χ4v) is 4.94. The Kier molecular flexibility index (Phi) is 7.21. The molecule has 0 radical (unpaired) electrons. The molecule has 3 nitrogen and oxygen atoms in total. The maximum absolute atomic E-state index is 14.2. The van der Waals surface area contributed by atoms with E-state index in [2.05, 4.69) is 5.10 Å². The first kappa shape index (κ1) is 24.9. The van der Waals surface area contributed by atoms with Crippen molar-refractivity contribution in [3.8, 4) is 11.4 Å². The number of alkyl halides is 3. The molecule has 1 unspecified atom stereocenters. The van der Waals surface area contributed by atoms with Crippen LogP contribution in [0, 0.1) is 12.7 Å². The van der Waals surface area contributed by atoms with Gasteiger partial charge in [0.1, 0.15) is 11.6 Å². The van der Waals surface area contributed by atoms with Crippen molar-refractivity contribution in [3.05, 3.63) is 107 Å². The molecule has 0 amide bonds. The number of thioether (sulfide) groups is 1. The maximum Gasteiger partial charge on any atom is 0.416 e. The van der Waals surface area contributed by atoms with Gasteiger partial charge in [-0.2, -0.15) is 18.3 Å². The predicted molar refractivity (Wildman–Crippen MR) is 129 cm³/mol. The van der Waals surface area contributed by atoms with Crippen molar-refractivity contribution in [2.24, 2.45) is 0 Å². The number of aromatic hydroxyl groups is 1. The Morgan fingerprint density at radius 3 is 2.37 bits per heavy atom. The van der Waals surface area contributed by atoms with Gasteiger partial charge in [-0.05, 0) is 86.3 Å². The van der Waals surface area contributed by atoms with Crippen LogP contribution >= 0.6 is 11.8 Å². The fraction of sp³-hybridized carbons (Fsp3) is 0.222. The van der Waals surface area contributed by atoms with E-state index in [9.17, 15) is 22.7 Å². The second kappa shape index (κ2) is 10.2. The number of phenols is 1. The third-order valence-corrected chi connectivity index (χ3v) is 6.92. The minimum Gasteiger partial charge on any atom is -0.508 e. The molecule has 3 aromatic carbocycles. The average molecular weight is 501 g/mol. The highest BCUT2D eigenvalue weighted by Gasteiger charge is 2.30. The van der Waals surface area contributed by atoms with Crippen molar-refractivity contribution in [3.63, 3.8) is 0 Å². The molecule has 4 rings (SSSR count). The molecule has 1 heterocycles. The number of benzene rings is 3. The Morgan fingerprint density at radius 2 is 1.71 bits per heavy atom. The van der Waals surface area contributed by atoms with E-state index in [0.717, 1.165) is 33.8 Å². The summed E-state index contributed by atoms with van der Waals surface area (Å²) < 4.78 is 54.7. The molecule has 0 spiro atoms. The molecule has 8 heteroatoms. The van der Waals surface area contributed by atoms with Crippen LogP contribution in [0.2, 0.25) is 0 Å². The summed E-state index contributed by atoms with van der Waals surface area (Å²) in [7, 11) is 0. The Hall–Kier alpha value is -3.26. The minimum atomic E-state index is -4.41. The van der Waals surface area contributed by atoms with Gasteiger partial charge in [-0.3, -0.25) is 0 Å². The van der Waals surface area contributed by atoms with Gasteiger partial charge in [0, 0.05) is 21.9 Å². The summed E-state index contributed by atoms with van der Waals surface area (Å²) in [6, 6.07) is 16.8. The molecule has 0 bridgehead atoms. The van der Waals surface area contributed by atoms with Crippen LogP contribution in [0.4, 0.5) is 17.6 Å². The van der Waals surface area contributed by atoms with E-state index in [-0.39, 0.29) is 16.8 Å². The number of hydrogen-bond donors (Lipinski definition) is 1. The molecule has 1 atom stereocenters. The molecule has 0 saturated carbocycles. The van der Waals surface area contributed by atoms with Crippen LogP contribution in [0.25, 0.3) is 5.69 Å². The molecule has 0 aliphatic rings. The standard InChI is InChI=1S/C27H24F4N2OS/c1-17-15-22(12-14-26(17)34)35-18(2)23-16-33(21-10-8-20(9-11-21)27(29,30)31)32-25(23)13-7-19-5-3-4-6-24(19)28/h3-6,8-12,14-16,18,34H,7,13H2,1-2H3. The lowest BCUT2D eigenvalue weighted by atomic mass is 10.0. The molecular weight excluding hydrogens is 476 g/mol. The van der Waals surface area contributed by atoms with Gasteiger partial charge in [0.15, 0.2) is 0 Å². The van der Waals surface area contributed by atoms with E-state index in [1.165, 1.54) is 18.2 Å². The van der Waals surface area contributed by atoms with Crippen LogP contribution in [0.15, 0.2) is 77.8 Å². The zero-order valence-corrected chi connectivity index (χ0v) is 20.0. The van der Waals surface area contributed by atoms with Gasteiger partial charge >= 0.3 is 6.18 Å². The summed E-state index contributed by atoms with van der Waals surface area (Å²) in [4.78, 5) is 0.968. The van der Waals surface area contributed by atoms with Crippen LogP contribution < -0.4 is 0 Å². The first-order chi connectivity index (χ1) is 16.6. The summed E-state index contributed by atoms with van der Waals surface area (Å²) >= 11 is 1.59. The molecule has 35 heavy (non-hydrogen) atoms. The van der Waals surface area contributed by atoms with E-state index in [4.69, 9.17) is 0 Å². The fourth-order valence-electron chi connectivity index (χ4n) is 3.82. The number of aromatic nitrogens is 2. The third-order valence-electron chi connectivity index (χ3n) is 5.79. The monoisotopic (exact) mass is 500 g/mol. The van der Waals surface area contributed by atoms with Gasteiger partial charge < -0.3 is 5.11 Å². The Morgan fingerprint density at radius 1 is 1.00 bits per heavy atom. The predicted octanol–water partition coefficient (Wildman–Crippen LogP) is 7.68. The Labute approximate surface area is 205 Å². The number of aryl methyl sites for hydroxylation is 3. The highest BCUT2D eigenvalue weighted by atomic mass is 32.2.